The third kappa shape index (κ3) is 4.41. The fourth-order valence-corrected chi connectivity index (χ4v) is 6.65. The average Bonchev–Trinajstić information content (AvgIpc) is 3.41. The number of imidazole rings is 1. The number of phosphoric ester groups is 2. The minimum absolute atomic E-state index is 0.0181. The molecule has 2 aromatic rings. The molecule has 10 atom stereocenters. The van der Waals surface area contributed by atoms with Crippen molar-refractivity contribution >= 4 is 26.8 Å². The molecule has 194 valence electrons. The standard InChI is InChI=1S/C16H22N4O13P2/c21-10-6-1-7(11(10)22)19-5-18-14-9(15(19)25)17-4-20(14)16-13(24)12(23)8(32-16)3-31-35(28,29)33-34(26,27)30-2-6/h4-8,10-13,16,21-24H,1-3H2,(H,26,27)(H,28,29)/t6-,7-,8-,10-,11+,12-,13-,16-/m1/s1. The van der Waals surface area contributed by atoms with Crippen LogP contribution in [0.2, 0.25) is 0 Å². The monoisotopic (exact) mass is 540 g/mol. The summed E-state index contributed by atoms with van der Waals surface area (Å²) in [6.45, 7) is -1.52. The molecule has 0 radical (unpaired) electrons. The molecule has 2 unspecified atom stereocenters. The molecular formula is C16H22N4O13P2. The van der Waals surface area contributed by atoms with Crippen molar-refractivity contribution < 1.29 is 57.4 Å². The Morgan fingerprint density at radius 1 is 0.886 bits per heavy atom. The van der Waals surface area contributed by atoms with Crippen LogP contribution in [0.15, 0.2) is 17.4 Å². The lowest BCUT2D eigenvalue weighted by Gasteiger charge is -2.21. The number of fused-ring (bicyclic) bond motifs is 7. The van der Waals surface area contributed by atoms with E-state index in [9.17, 15) is 44.1 Å². The van der Waals surface area contributed by atoms with E-state index in [-0.39, 0.29) is 17.6 Å². The summed E-state index contributed by atoms with van der Waals surface area (Å²) in [5.41, 5.74) is -0.860. The highest BCUT2D eigenvalue weighted by Crippen LogP contribution is 2.61. The van der Waals surface area contributed by atoms with Crippen LogP contribution in [-0.2, 0) is 27.2 Å². The highest BCUT2D eigenvalue weighted by Gasteiger charge is 2.48. The van der Waals surface area contributed by atoms with Crippen molar-refractivity contribution in [1.82, 2.24) is 19.1 Å². The van der Waals surface area contributed by atoms with Gasteiger partial charge in [-0.2, -0.15) is 4.31 Å². The molecule has 0 spiro atoms. The van der Waals surface area contributed by atoms with Gasteiger partial charge in [-0.15, -0.1) is 0 Å². The highest BCUT2D eigenvalue weighted by atomic mass is 31.3. The third-order valence-corrected chi connectivity index (χ3v) is 8.91. The molecule has 17 nitrogen and oxygen atoms in total. The van der Waals surface area contributed by atoms with Crippen LogP contribution in [0, 0.1) is 5.92 Å². The fraction of sp³-hybridized carbons (Fsp3) is 0.688. The molecule has 0 amide bonds. The zero-order chi connectivity index (χ0) is 25.3. The van der Waals surface area contributed by atoms with Crippen molar-refractivity contribution in [2.75, 3.05) is 13.2 Å². The Balaban J connectivity index is 1.58. The summed E-state index contributed by atoms with van der Waals surface area (Å²) in [7, 11) is -10.4. The summed E-state index contributed by atoms with van der Waals surface area (Å²) < 4.78 is 45.7. The minimum atomic E-state index is -5.22. The summed E-state index contributed by atoms with van der Waals surface area (Å²) in [6.07, 6.45) is -6.80. The summed E-state index contributed by atoms with van der Waals surface area (Å²) in [5, 5.41) is 41.7. The van der Waals surface area contributed by atoms with Gasteiger partial charge in [0.05, 0.1) is 31.7 Å². The summed E-state index contributed by atoms with van der Waals surface area (Å²) >= 11 is 0. The van der Waals surface area contributed by atoms with Crippen LogP contribution in [0.1, 0.15) is 18.7 Å². The van der Waals surface area contributed by atoms with Gasteiger partial charge in [0.2, 0.25) is 0 Å². The first-order chi connectivity index (χ1) is 16.4. The smallest absolute Gasteiger partial charge is 0.390 e. The largest absolute Gasteiger partial charge is 0.481 e. The summed E-state index contributed by atoms with van der Waals surface area (Å²) in [6, 6.07) is -1.02. The molecule has 6 rings (SSSR count). The van der Waals surface area contributed by atoms with E-state index < -0.39 is 83.1 Å². The van der Waals surface area contributed by atoms with Gasteiger partial charge in [0.15, 0.2) is 17.4 Å². The molecule has 5 heterocycles. The van der Waals surface area contributed by atoms with E-state index in [1.165, 1.54) is 4.57 Å². The van der Waals surface area contributed by atoms with Crippen molar-refractivity contribution in [2.45, 2.75) is 49.2 Å². The zero-order valence-electron chi connectivity index (χ0n) is 17.6. The molecule has 0 aromatic carbocycles. The van der Waals surface area contributed by atoms with Crippen molar-refractivity contribution in [3.63, 3.8) is 0 Å². The number of phosphoric acid groups is 2. The van der Waals surface area contributed by atoms with Gasteiger partial charge < -0.3 is 34.9 Å². The Labute approximate surface area is 195 Å². The maximum atomic E-state index is 13.1. The van der Waals surface area contributed by atoms with Crippen molar-refractivity contribution in [1.29, 1.82) is 0 Å². The van der Waals surface area contributed by atoms with Crippen LogP contribution in [0.3, 0.4) is 0 Å². The lowest BCUT2D eigenvalue weighted by molar-refractivity contribution is -0.0504. The quantitative estimate of drug-likeness (QED) is 0.193. The van der Waals surface area contributed by atoms with Gasteiger partial charge in [-0.05, 0) is 6.42 Å². The second kappa shape index (κ2) is 8.76. The number of aliphatic hydroxyl groups excluding tert-OH is 4. The van der Waals surface area contributed by atoms with E-state index in [2.05, 4.69) is 18.8 Å². The predicted octanol–water partition coefficient (Wildman–Crippen LogP) is -2.24. The van der Waals surface area contributed by atoms with E-state index >= 15 is 0 Å². The summed E-state index contributed by atoms with van der Waals surface area (Å²) in [4.78, 5) is 41.0. The van der Waals surface area contributed by atoms with Crippen LogP contribution in [0.25, 0.3) is 11.2 Å². The number of aromatic nitrogens is 4. The van der Waals surface area contributed by atoms with Crippen LogP contribution < -0.4 is 5.56 Å². The number of aliphatic hydroxyl groups is 4. The molecule has 2 fully saturated rings. The molecule has 2 aromatic heterocycles. The van der Waals surface area contributed by atoms with Crippen molar-refractivity contribution in [3.8, 4) is 0 Å². The maximum Gasteiger partial charge on any atom is 0.481 e. The molecule has 1 aliphatic carbocycles. The fourth-order valence-electron chi connectivity index (χ4n) is 4.52. The molecule has 1 saturated carbocycles. The van der Waals surface area contributed by atoms with Crippen LogP contribution in [0.5, 0.6) is 0 Å². The number of hydrogen-bond donors (Lipinski definition) is 6. The second-order valence-corrected chi connectivity index (χ2v) is 11.5. The number of rotatable bonds is 0. The van der Waals surface area contributed by atoms with Gasteiger partial charge >= 0.3 is 15.6 Å². The van der Waals surface area contributed by atoms with E-state index in [0.29, 0.717) is 0 Å². The molecule has 19 heteroatoms. The predicted molar refractivity (Wildman–Crippen MR) is 110 cm³/mol. The first kappa shape index (κ1) is 25.1. The van der Waals surface area contributed by atoms with Gasteiger partial charge in [0.25, 0.3) is 5.56 Å². The number of hydrogen-bond acceptors (Lipinski definition) is 13. The van der Waals surface area contributed by atoms with Gasteiger partial charge in [-0.3, -0.25) is 23.0 Å². The first-order valence-electron chi connectivity index (χ1n) is 10.4. The third-order valence-electron chi connectivity index (χ3n) is 6.31. The molecule has 4 aliphatic rings. The van der Waals surface area contributed by atoms with Gasteiger partial charge in [0, 0.05) is 5.92 Å². The lowest BCUT2D eigenvalue weighted by atomic mass is 10.1. The van der Waals surface area contributed by atoms with Gasteiger partial charge in [-0.1, -0.05) is 0 Å². The van der Waals surface area contributed by atoms with Gasteiger partial charge in [-0.25, -0.2) is 19.1 Å². The summed E-state index contributed by atoms with van der Waals surface area (Å²) in [5.74, 6) is -0.966. The molecule has 1 saturated heterocycles. The highest BCUT2D eigenvalue weighted by molar-refractivity contribution is 7.61. The van der Waals surface area contributed by atoms with Gasteiger partial charge in [0.1, 0.15) is 30.7 Å². The lowest BCUT2D eigenvalue weighted by Crippen LogP contribution is -2.35. The Hall–Kier alpha value is -1.59. The topological polar surface area (TPSA) is 245 Å². The SMILES string of the molecule is O=c1c2ncn3c2ncn1[C@@H]1C[C@H](COP(=O)(O)OP(=O)(O)OC[C@H]2O[C@@H]3[C@H](O)[C@@H]2O)[C@@H](O)[C@H]1O. The normalized spacial score (nSPS) is 44.6. The molecule has 8 bridgehead atoms. The second-order valence-electron chi connectivity index (χ2n) is 8.48. The van der Waals surface area contributed by atoms with Crippen molar-refractivity contribution in [2.24, 2.45) is 5.92 Å². The Morgan fingerprint density at radius 3 is 2.26 bits per heavy atom. The Bertz CT molecular complexity index is 1280. The molecule has 3 aliphatic heterocycles. The van der Waals surface area contributed by atoms with Crippen LogP contribution in [-0.4, -0.2) is 93.0 Å². The Morgan fingerprint density at radius 2 is 1.54 bits per heavy atom. The van der Waals surface area contributed by atoms with Crippen LogP contribution in [0.4, 0.5) is 0 Å². The number of nitrogens with zero attached hydrogens (tertiary/aromatic N) is 4. The average molecular weight is 540 g/mol. The molecular weight excluding hydrogens is 518 g/mol. The van der Waals surface area contributed by atoms with Crippen LogP contribution >= 0.6 is 15.6 Å². The van der Waals surface area contributed by atoms with E-state index in [0.717, 1.165) is 17.2 Å². The minimum Gasteiger partial charge on any atom is -0.390 e. The number of ether oxygens (including phenoxy) is 1. The van der Waals surface area contributed by atoms with Crippen molar-refractivity contribution in [3.05, 3.63) is 23.0 Å². The zero-order valence-corrected chi connectivity index (χ0v) is 19.4. The molecule has 35 heavy (non-hydrogen) atoms. The maximum absolute atomic E-state index is 13.1. The molecule has 6 N–H and O–H groups in total. The van der Waals surface area contributed by atoms with E-state index in [4.69, 9.17) is 9.26 Å². The van der Waals surface area contributed by atoms with E-state index in [1.807, 2.05) is 0 Å². The van der Waals surface area contributed by atoms with E-state index in [1.54, 1.807) is 0 Å². The first-order valence-corrected chi connectivity index (χ1v) is 13.3. The Kier molecular flexibility index (Phi) is 6.28.